The van der Waals surface area contributed by atoms with Gasteiger partial charge in [-0.1, -0.05) is 44.2 Å². The Labute approximate surface area is 98.6 Å². The highest BCUT2D eigenvalue weighted by Crippen LogP contribution is 1.97. The van der Waals surface area contributed by atoms with Gasteiger partial charge in [0.2, 0.25) is 0 Å². The Morgan fingerprint density at radius 1 is 1.06 bits per heavy atom. The highest BCUT2D eigenvalue weighted by Gasteiger charge is 1.92. The van der Waals surface area contributed by atoms with Gasteiger partial charge in [0, 0.05) is 18.8 Å². The lowest BCUT2D eigenvalue weighted by molar-refractivity contribution is 0.101. The number of hydrogen-bond donors (Lipinski definition) is 0. The van der Waals surface area contributed by atoms with Gasteiger partial charge in [-0.2, -0.15) is 0 Å². The van der Waals surface area contributed by atoms with Crippen LogP contribution < -0.4 is 0 Å². The van der Waals surface area contributed by atoms with Crippen molar-refractivity contribution < 1.29 is 9.53 Å². The average molecular weight is 222 g/mol. The summed E-state index contributed by atoms with van der Waals surface area (Å²) in [5, 5.41) is 0. The van der Waals surface area contributed by atoms with Crippen LogP contribution >= 0.6 is 0 Å². The Hall–Kier alpha value is -1.15. The molecule has 2 heteroatoms. The molecule has 0 saturated heterocycles. The Kier molecular flexibility index (Phi) is 9.63. The first-order valence-electron chi connectivity index (χ1n) is 5.86. The second kappa shape index (κ2) is 10.4. The maximum atomic E-state index is 10.6. The molecule has 2 nitrogen and oxygen atoms in total. The molecule has 0 aliphatic carbocycles. The van der Waals surface area contributed by atoms with E-state index in [-0.39, 0.29) is 5.78 Å². The predicted molar refractivity (Wildman–Crippen MR) is 67.8 cm³/mol. The van der Waals surface area contributed by atoms with Gasteiger partial charge in [0.05, 0.1) is 0 Å². The smallest absolute Gasteiger partial charge is 0.159 e. The van der Waals surface area contributed by atoms with E-state index >= 15 is 0 Å². The number of carbonyl (C=O) groups is 1. The predicted octanol–water partition coefficient (Wildman–Crippen LogP) is 3.71. The fourth-order valence-corrected chi connectivity index (χ4v) is 1.06. The Bertz CT molecular complexity index is 263. The van der Waals surface area contributed by atoms with Crippen molar-refractivity contribution in [2.24, 2.45) is 0 Å². The Morgan fingerprint density at radius 3 is 1.88 bits per heavy atom. The lowest BCUT2D eigenvalue weighted by atomic mass is 10.2. The van der Waals surface area contributed by atoms with E-state index < -0.39 is 0 Å². The zero-order valence-corrected chi connectivity index (χ0v) is 10.5. The van der Waals surface area contributed by atoms with Crippen LogP contribution in [0, 0.1) is 0 Å². The van der Waals surface area contributed by atoms with Gasteiger partial charge in [-0.3, -0.25) is 4.79 Å². The quantitative estimate of drug-likeness (QED) is 0.560. The lowest BCUT2D eigenvalue weighted by Gasteiger charge is -1.95. The number of ketones is 1. The van der Waals surface area contributed by atoms with Crippen molar-refractivity contribution in [1.82, 2.24) is 0 Å². The molecule has 0 aromatic heterocycles. The average Bonchev–Trinajstić information content (AvgIpc) is 2.32. The third-order valence-corrected chi connectivity index (χ3v) is 1.88. The van der Waals surface area contributed by atoms with E-state index in [9.17, 15) is 4.79 Å². The van der Waals surface area contributed by atoms with Crippen molar-refractivity contribution in [3.8, 4) is 0 Å². The summed E-state index contributed by atoms with van der Waals surface area (Å²) < 4.78 is 5.13. The van der Waals surface area contributed by atoms with Gasteiger partial charge in [-0.05, 0) is 19.8 Å². The molecule has 1 rings (SSSR count). The Morgan fingerprint density at radius 2 is 1.56 bits per heavy atom. The number of Topliss-reactive ketones (excluding diaryl/α,β-unsaturated/α-hetero) is 1. The van der Waals surface area contributed by atoms with Gasteiger partial charge in [0.15, 0.2) is 5.78 Å². The van der Waals surface area contributed by atoms with E-state index in [2.05, 4.69) is 13.8 Å². The van der Waals surface area contributed by atoms with E-state index in [4.69, 9.17) is 4.74 Å². The molecule has 0 N–H and O–H groups in total. The normalized spacial score (nSPS) is 9.19. The molecule has 16 heavy (non-hydrogen) atoms. The number of rotatable bonds is 5. The maximum absolute atomic E-state index is 10.6. The molecule has 1 aromatic rings. The van der Waals surface area contributed by atoms with Crippen LogP contribution in [0.25, 0.3) is 0 Å². The van der Waals surface area contributed by atoms with Crippen LogP contribution in [-0.2, 0) is 4.74 Å². The van der Waals surface area contributed by atoms with Gasteiger partial charge in [0.25, 0.3) is 0 Å². The summed E-state index contributed by atoms with van der Waals surface area (Å²) in [6.45, 7) is 7.66. The van der Waals surface area contributed by atoms with Crippen LogP contribution in [0.2, 0.25) is 0 Å². The van der Waals surface area contributed by atoms with Gasteiger partial charge in [0.1, 0.15) is 0 Å². The summed E-state index contributed by atoms with van der Waals surface area (Å²) in [6, 6.07) is 9.23. The molecular formula is C14H22O2. The van der Waals surface area contributed by atoms with Crippen molar-refractivity contribution in [2.75, 3.05) is 13.2 Å². The summed E-state index contributed by atoms with van der Waals surface area (Å²) >= 11 is 0. The molecule has 0 aliphatic rings. The highest BCUT2D eigenvalue weighted by molar-refractivity contribution is 5.93. The van der Waals surface area contributed by atoms with Crippen LogP contribution in [0.15, 0.2) is 30.3 Å². The molecule has 0 fully saturated rings. The summed E-state index contributed by atoms with van der Waals surface area (Å²) in [6.07, 6.45) is 2.28. The molecule has 0 amide bonds. The van der Waals surface area contributed by atoms with Crippen LogP contribution in [-0.4, -0.2) is 19.0 Å². The second-order valence-corrected chi connectivity index (χ2v) is 3.53. The molecule has 90 valence electrons. The van der Waals surface area contributed by atoms with Crippen molar-refractivity contribution in [3.05, 3.63) is 35.9 Å². The third-order valence-electron chi connectivity index (χ3n) is 1.88. The van der Waals surface area contributed by atoms with Gasteiger partial charge < -0.3 is 4.74 Å². The van der Waals surface area contributed by atoms with Crippen molar-refractivity contribution in [1.29, 1.82) is 0 Å². The molecule has 0 radical (unpaired) electrons. The lowest BCUT2D eigenvalue weighted by Crippen LogP contribution is -1.92. The second-order valence-electron chi connectivity index (χ2n) is 3.53. The summed E-state index contributed by atoms with van der Waals surface area (Å²) in [5.74, 6) is 0.121. The van der Waals surface area contributed by atoms with E-state index in [0.717, 1.165) is 31.6 Å². The summed E-state index contributed by atoms with van der Waals surface area (Å²) in [7, 11) is 0. The fraction of sp³-hybridized carbons (Fsp3) is 0.500. The Balaban J connectivity index is 0.000000293. The molecule has 0 saturated carbocycles. The molecule has 0 atom stereocenters. The molecule has 0 heterocycles. The first-order chi connectivity index (χ1) is 7.72. The van der Waals surface area contributed by atoms with Crippen LogP contribution in [0.4, 0.5) is 0 Å². The summed E-state index contributed by atoms with van der Waals surface area (Å²) in [4.78, 5) is 10.6. The zero-order valence-electron chi connectivity index (χ0n) is 10.5. The monoisotopic (exact) mass is 222 g/mol. The van der Waals surface area contributed by atoms with Crippen LogP contribution in [0.3, 0.4) is 0 Å². The van der Waals surface area contributed by atoms with Gasteiger partial charge in [-0.25, -0.2) is 0 Å². The highest BCUT2D eigenvalue weighted by atomic mass is 16.5. The molecule has 0 bridgehead atoms. The van der Waals surface area contributed by atoms with E-state index in [1.807, 2.05) is 30.3 Å². The van der Waals surface area contributed by atoms with E-state index in [1.54, 1.807) is 6.92 Å². The zero-order chi connectivity index (χ0) is 12.2. The van der Waals surface area contributed by atoms with Crippen molar-refractivity contribution in [2.45, 2.75) is 33.6 Å². The molecular weight excluding hydrogens is 200 g/mol. The first-order valence-corrected chi connectivity index (χ1v) is 5.86. The van der Waals surface area contributed by atoms with Gasteiger partial charge in [-0.15, -0.1) is 0 Å². The molecule has 0 spiro atoms. The van der Waals surface area contributed by atoms with Crippen molar-refractivity contribution in [3.63, 3.8) is 0 Å². The van der Waals surface area contributed by atoms with E-state index in [1.165, 1.54) is 0 Å². The molecule has 0 unspecified atom stereocenters. The molecule has 0 aliphatic heterocycles. The number of hydrogen-bond acceptors (Lipinski definition) is 2. The topological polar surface area (TPSA) is 26.3 Å². The van der Waals surface area contributed by atoms with Crippen LogP contribution in [0.1, 0.15) is 44.0 Å². The number of ether oxygens (including phenoxy) is 1. The largest absolute Gasteiger partial charge is 0.381 e. The molecule has 1 aromatic carbocycles. The first kappa shape index (κ1) is 14.8. The number of benzene rings is 1. The van der Waals surface area contributed by atoms with Crippen molar-refractivity contribution >= 4 is 5.78 Å². The van der Waals surface area contributed by atoms with Gasteiger partial charge >= 0.3 is 0 Å². The SMILES string of the molecule is CC(=O)c1ccccc1.CCCOCCC. The fourth-order valence-electron chi connectivity index (χ4n) is 1.06. The summed E-state index contributed by atoms with van der Waals surface area (Å²) in [5.41, 5.74) is 0.775. The van der Waals surface area contributed by atoms with E-state index in [0.29, 0.717) is 0 Å². The maximum Gasteiger partial charge on any atom is 0.159 e. The minimum atomic E-state index is 0.121. The minimum Gasteiger partial charge on any atom is -0.381 e. The number of carbonyl (C=O) groups excluding carboxylic acids is 1. The standard InChI is InChI=1S/C8H8O.C6H14O/c1-7(9)8-5-3-2-4-6-8;1-3-5-7-6-4-2/h2-6H,1H3;3-6H2,1-2H3. The minimum absolute atomic E-state index is 0.121. The third kappa shape index (κ3) is 8.18. The van der Waals surface area contributed by atoms with Crippen LogP contribution in [0.5, 0.6) is 0 Å².